The van der Waals surface area contributed by atoms with E-state index in [1.54, 1.807) is 19.4 Å². The van der Waals surface area contributed by atoms with Crippen molar-refractivity contribution >= 4 is 41.0 Å². The summed E-state index contributed by atoms with van der Waals surface area (Å²) in [5, 5.41) is 12.8. The summed E-state index contributed by atoms with van der Waals surface area (Å²) in [6.45, 7) is 12.0. The van der Waals surface area contributed by atoms with Gasteiger partial charge in [-0.3, -0.25) is 15.7 Å². The first-order valence-corrected chi connectivity index (χ1v) is 11.6. The number of halogens is 1. The highest BCUT2D eigenvalue weighted by Crippen LogP contribution is 2.27. The van der Waals surface area contributed by atoms with E-state index in [1.165, 1.54) is 5.56 Å². The molecule has 0 aliphatic heterocycles. The highest BCUT2D eigenvalue weighted by atomic mass is 35.5. The lowest BCUT2D eigenvalue weighted by Crippen LogP contribution is -2.01. The molecule has 0 fully saturated rings. The van der Waals surface area contributed by atoms with Gasteiger partial charge < -0.3 is 10.1 Å². The molecule has 0 atom stereocenters. The molecule has 0 aliphatic carbocycles. The summed E-state index contributed by atoms with van der Waals surface area (Å²) >= 11 is 6.46. The van der Waals surface area contributed by atoms with Crippen LogP contribution >= 0.6 is 11.6 Å². The number of aryl methyl sites for hydroxylation is 2. The molecule has 3 aromatic carbocycles. The summed E-state index contributed by atoms with van der Waals surface area (Å²) in [6, 6.07) is 17.7. The first-order valence-electron chi connectivity index (χ1n) is 11.2. The number of methoxy groups -OCH3 is 1. The van der Waals surface area contributed by atoms with Gasteiger partial charge >= 0.3 is 0 Å². The maximum absolute atomic E-state index is 8.88. The van der Waals surface area contributed by atoms with Crippen molar-refractivity contribution in [2.75, 3.05) is 12.4 Å². The van der Waals surface area contributed by atoms with Crippen LogP contribution in [0.5, 0.6) is 5.75 Å². The van der Waals surface area contributed by atoms with Crippen molar-refractivity contribution in [3.05, 3.63) is 112 Å². The van der Waals surface area contributed by atoms with Gasteiger partial charge in [0.25, 0.3) is 0 Å². The zero-order chi connectivity index (χ0) is 25.4. The maximum atomic E-state index is 8.88. The van der Waals surface area contributed by atoms with E-state index >= 15 is 0 Å². The summed E-state index contributed by atoms with van der Waals surface area (Å²) in [5.41, 5.74) is 9.72. The van der Waals surface area contributed by atoms with Crippen LogP contribution in [-0.4, -0.2) is 18.5 Å². The van der Waals surface area contributed by atoms with Gasteiger partial charge in [-0.2, -0.15) is 0 Å². The van der Waals surface area contributed by atoms with E-state index in [0.29, 0.717) is 10.7 Å². The Morgan fingerprint density at radius 2 is 1.91 bits per heavy atom. The second-order valence-electron chi connectivity index (χ2n) is 8.04. The quantitative estimate of drug-likeness (QED) is 0.157. The fraction of sp³-hybridized carbons (Fsp3) is 0.138. The highest BCUT2D eigenvalue weighted by molar-refractivity contribution is 6.33. The van der Waals surface area contributed by atoms with E-state index in [9.17, 15) is 0 Å². The van der Waals surface area contributed by atoms with Gasteiger partial charge in [-0.05, 0) is 78.6 Å². The molecule has 0 radical (unpaired) electrons. The summed E-state index contributed by atoms with van der Waals surface area (Å²) in [4.78, 5) is 4.67. The Bertz CT molecular complexity index is 1270. The number of benzene rings is 3. The van der Waals surface area contributed by atoms with E-state index in [2.05, 4.69) is 36.5 Å². The van der Waals surface area contributed by atoms with Gasteiger partial charge in [0.05, 0.1) is 18.5 Å². The summed E-state index contributed by atoms with van der Waals surface area (Å²) in [6.07, 6.45) is 6.18. The van der Waals surface area contributed by atoms with E-state index in [0.717, 1.165) is 51.5 Å². The van der Waals surface area contributed by atoms with Gasteiger partial charge in [-0.15, -0.1) is 0 Å². The number of nitrogens with zero attached hydrogens (tertiary/aromatic N) is 1. The number of hydrogen-bond donors (Lipinski definition) is 3. The average Bonchev–Trinajstić information content (AvgIpc) is 2.88. The fourth-order valence-corrected chi connectivity index (χ4v) is 3.53. The van der Waals surface area contributed by atoms with E-state index in [1.807, 2.05) is 67.0 Å². The van der Waals surface area contributed by atoms with Crippen molar-refractivity contribution in [1.82, 2.24) is 5.48 Å². The predicted molar refractivity (Wildman–Crippen MR) is 148 cm³/mol. The minimum Gasteiger partial charge on any atom is -0.497 e. The summed E-state index contributed by atoms with van der Waals surface area (Å²) in [5.74, 6) is 0.801. The molecule has 5 nitrogen and oxygen atoms in total. The van der Waals surface area contributed by atoms with Gasteiger partial charge in [-0.25, -0.2) is 0 Å². The molecular weight excluding hydrogens is 458 g/mol. The maximum Gasteiger partial charge on any atom is 0.119 e. The molecule has 0 amide bonds. The smallest absolute Gasteiger partial charge is 0.119 e. The number of hydrogen-bond acceptors (Lipinski definition) is 5. The van der Waals surface area contributed by atoms with E-state index < -0.39 is 0 Å². The normalized spacial score (nSPS) is 11.1. The lowest BCUT2D eigenvalue weighted by molar-refractivity contribution is 0.205. The van der Waals surface area contributed by atoms with Gasteiger partial charge in [0.1, 0.15) is 5.75 Å². The van der Waals surface area contributed by atoms with Crippen molar-refractivity contribution in [3.63, 3.8) is 0 Å². The second-order valence-corrected chi connectivity index (χ2v) is 8.44. The van der Waals surface area contributed by atoms with Crippen molar-refractivity contribution in [1.29, 1.82) is 0 Å². The van der Waals surface area contributed by atoms with Crippen LogP contribution < -0.4 is 15.5 Å². The Morgan fingerprint density at radius 1 is 1.11 bits per heavy atom. The third-order valence-corrected chi connectivity index (χ3v) is 5.79. The number of aliphatic imine (C=N–C) groups is 1. The second kappa shape index (κ2) is 12.1. The molecule has 6 heteroatoms. The number of anilines is 1. The Labute approximate surface area is 212 Å². The van der Waals surface area contributed by atoms with Crippen LogP contribution in [0.1, 0.15) is 34.7 Å². The summed E-state index contributed by atoms with van der Waals surface area (Å²) in [7, 11) is 1.66. The molecule has 35 heavy (non-hydrogen) atoms. The summed E-state index contributed by atoms with van der Waals surface area (Å²) < 4.78 is 5.43. The van der Waals surface area contributed by atoms with Gasteiger partial charge in [-0.1, -0.05) is 49.9 Å². The van der Waals surface area contributed by atoms with Crippen LogP contribution in [0.25, 0.3) is 11.8 Å². The minimum atomic E-state index is 0.396. The Balaban J connectivity index is 1.82. The number of hydroxylamine groups is 1. The molecule has 0 spiro atoms. The average molecular weight is 488 g/mol. The Morgan fingerprint density at radius 3 is 2.63 bits per heavy atom. The third-order valence-electron chi connectivity index (χ3n) is 5.45. The molecule has 0 heterocycles. The van der Waals surface area contributed by atoms with Crippen LogP contribution in [0.4, 0.5) is 11.4 Å². The Kier molecular flexibility index (Phi) is 8.90. The molecule has 0 saturated heterocycles. The number of nitrogens with one attached hydrogen (secondary N) is 2. The standard InChI is InChI=1S/C29H30ClN3O2/c1-6-22-13-24(17-27(14-22)35-5)21(4)32-26-11-12-28(30)25(16-26)18-31-29-15-23(9-7-19(29)2)10-8-20(3)33-34/h7-18,32-34H,3-4,6H2,1-2,5H3/b10-8+,31-18+. The molecule has 0 aromatic heterocycles. The van der Waals surface area contributed by atoms with Gasteiger partial charge in [0.15, 0.2) is 0 Å². The third kappa shape index (κ3) is 7.09. The zero-order valence-corrected chi connectivity index (χ0v) is 21.0. The number of rotatable bonds is 10. The molecule has 0 saturated carbocycles. The molecule has 3 N–H and O–H groups in total. The van der Waals surface area contributed by atoms with Crippen LogP contribution in [0.3, 0.4) is 0 Å². The molecule has 3 aromatic rings. The van der Waals surface area contributed by atoms with Crippen LogP contribution in [-0.2, 0) is 6.42 Å². The van der Waals surface area contributed by atoms with Crippen molar-refractivity contribution in [2.24, 2.45) is 4.99 Å². The Hall–Kier alpha value is -3.80. The van der Waals surface area contributed by atoms with Gasteiger partial charge in [0.2, 0.25) is 0 Å². The molecular formula is C29H30ClN3O2. The number of ether oxygens (including phenoxy) is 1. The topological polar surface area (TPSA) is 65.9 Å². The van der Waals surface area contributed by atoms with E-state index in [-0.39, 0.29) is 0 Å². The van der Waals surface area contributed by atoms with Crippen molar-refractivity contribution in [2.45, 2.75) is 20.3 Å². The van der Waals surface area contributed by atoms with Crippen molar-refractivity contribution < 1.29 is 9.94 Å². The SMILES string of the molecule is C=C(/C=C/c1ccc(C)c(/N=C/c2cc(NC(=C)c3cc(CC)cc(OC)c3)ccc2Cl)c1)NO. The largest absolute Gasteiger partial charge is 0.497 e. The zero-order valence-electron chi connectivity index (χ0n) is 20.2. The fourth-order valence-electron chi connectivity index (χ4n) is 3.37. The monoisotopic (exact) mass is 487 g/mol. The first-order chi connectivity index (χ1) is 16.8. The highest BCUT2D eigenvalue weighted by Gasteiger charge is 2.07. The minimum absolute atomic E-state index is 0.396. The van der Waals surface area contributed by atoms with Gasteiger partial charge in [0, 0.05) is 33.7 Å². The predicted octanol–water partition coefficient (Wildman–Crippen LogP) is 7.56. The number of allylic oxidation sites excluding steroid dienone is 1. The van der Waals surface area contributed by atoms with Crippen LogP contribution in [0.15, 0.2) is 84.5 Å². The van der Waals surface area contributed by atoms with Crippen molar-refractivity contribution in [3.8, 4) is 5.75 Å². The molecule has 0 aliphatic rings. The lowest BCUT2D eigenvalue weighted by atomic mass is 10.1. The van der Waals surface area contributed by atoms with Crippen LogP contribution in [0.2, 0.25) is 5.02 Å². The first kappa shape index (κ1) is 25.8. The molecule has 3 rings (SSSR count). The molecule has 0 unspecified atom stereocenters. The van der Waals surface area contributed by atoms with E-state index in [4.69, 9.17) is 21.5 Å². The molecule has 0 bridgehead atoms. The van der Waals surface area contributed by atoms with Crippen LogP contribution in [0, 0.1) is 6.92 Å². The molecule has 180 valence electrons. The lowest BCUT2D eigenvalue weighted by Gasteiger charge is -2.13.